The lowest BCUT2D eigenvalue weighted by molar-refractivity contribution is -0.113. The molecule has 104 valence electrons. The van der Waals surface area contributed by atoms with Crippen LogP contribution in [0.1, 0.15) is 5.56 Å². The summed E-state index contributed by atoms with van der Waals surface area (Å²) in [4.78, 5) is 22.2. The summed E-state index contributed by atoms with van der Waals surface area (Å²) < 4.78 is 1.34. The zero-order chi connectivity index (χ0) is 14.4. The van der Waals surface area contributed by atoms with Crippen LogP contribution in [0.5, 0.6) is 0 Å². The molecule has 2 amide bonds. The summed E-state index contributed by atoms with van der Waals surface area (Å²) in [7, 11) is 0. The maximum atomic E-state index is 11.8. The molecular weight excluding hydrogens is 278 g/mol. The highest BCUT2D eigenvalue weighted by atomic mass is 32.2. The number of rotatable bonds is 6. The number of hydrogen-bond acceptors (Lipinski definition) is 5. The Hall–Kier alpha value is -2.35. The lowest BCUT2D eigenvalue weighted by Gasteiger charge is -2.06. The number of aromatic nitrogens is 3. The van der Waals surface area contributed by atoms with Crippen molar-refractivity contribution in [2.24, 2.45) is 0 Å². The third-order valence-corrected chi connectivity index (χ3v) is 3.29. The molecule has 0 fully saturated rings. The molecule has 2 aromatic rings. The number of benzene rings is 1. The van der Waals surface area contributed by atoms with Crippen LogP contribution in [-0.4, -0.2) is 32.9 Å². The molecule has 2 rings (SSSR count). The standard InChI is InChI=1S/C12H13N5O2S/c1-9-3-2-4-10(5-9)15-11(19)6-20-12-16-13-7-17(12)14-8-18/h2-5,7-8H,6H2,1H3,(H,14,18)(H,15,19). The second kappa shape index (κ2) is 6.71. The Labute approximate surface area is 119 Å². The van der Waals surface area contributed by atoms with Crippen molar-refractivity contribution in [2.45, 2.75) is 12.1 Å². The van der Waals surface area contributed by atoms with Crippen molar-refractivity contribution in [3.8, 4) is 0 Å². The maximum absolute atomic E-state index is 11.8. The zero-order valence-electron chi connectivity index (χ0n) is 10.7. The normalized spacial score (nSPS) is 10.1. The van der Waals surface area contributed by atoms with Gasteiger partial charge in [0.25, 0.3) is 0 Å². The van der Waals surface area contributed by atoms with Gasteiger partial charge in [0.1, 0.15) is 6.33 Å². The Bertz CT molecular complexity index is 613. The van der Waals surface area contributed by atoms with Gasteiger partial charge in [0, 0.05) is 5.69 Å². The van der Waals surface area contributed by atoms with E-state index in [1.807, 2.05) is 31.2 Å². The third kappa shape index (κ3) is 3.82. The molecule has 0 unspecified atom stereocenters. The third-order valence-electron chi connectivity index (χ3n) is 2.34. The minimum atomic E-state index is -0.152. The van der Waals surface area contributed by atoms with E-state index >= 15 is 0 Å². The van der Waals surface area contributed by atoms with Crippen molar-refractivity contribution in [3.05, 3.63) is 36.2 Å². The zero-order valence-corrected chi connectivity index (χ0v) is 11.6. The smallest absolute Gasteiger partial charge is 0.234 e. The average Bonchev–Trinajstić information content (AvgIpc) is 2.84. The minimum Gasteiger partial charge on any atom is -0.325 e. The number of amides is 2. The van der Waals surface area contributed by atoms with Crippen LogP contribution in [0.2, 0.25) is 0 Å². The molecule has 1 aromatic heterocycles. The molecule has 0 aliphatic heterocycles. The van der Waals surface area contributed by atoms with E-state index in [0.29, 0.717) is 11.6 Å². The first-order valence-corrected chi connectivity index (χ1v) is 6.77. The van der Waals surface area contributed by atoms with E-state index in [1.54, 1.807) is 0 Å². The summed E-state index contributed by atoms with van der Waals surface area (Å²) in [5, 5.41) is 10.7. The fourth-order valence-electron chi connectivity index (χ4n) is 1.52. The van der Waals surface area contributed by atoms with Gasteiger partial charge in [-0.25, -0.2) is 4.68 Å². The number of thioether (sulfide) groups is 1. The minimum absolute atomic E-state index is 0.152. The first-order valence-electron chi connectivity index (χ1n) is 5.78. The van der Waals surface area contributed by atoms with Gasteiger partial charge in [-0.2, -0.15) is 0 Å². The summed E-state index contributed by atoms with van der Waals surface area (Å²) in [6.45, 7) is 1.96. The van der Waals surface area contributed by atoms with Gasteiger partial charge in [-0.15, -0.1) is 10.2 Å². The van der Waals surface area contributed by atoms with E-state index in [2.05, 4.69) is 20.9 Å². The number of anilines is 1. The van der Waals surface area contributed by atoms with Crippen molar-refractivity contribution in [3.63, 3.8) is 0 Å². The number of nitrogens with one attached hydrogen (secondary N) is 2. The molecule has 1 aromatic carbocycles. The maximum Gasteiger partial charge on any atom is 0.234 e. The second-order valence-electron chi connectivity index (χ2n) is 3.94. The van der Waals surface area contributed by atoms with Crippen LogP contribution >= 0.6 is 11.8 Å². The highest BCUT2D eigenvalue weighted by Gasteiger charge is 2.08. The molecule has 0 saturated carbocycles. The van der Waals surface area contributed by atoms with Crippen molar-refractivity contribution in [1.29, 1.82) is 0 Å². The van der Waals surface area contributed by atoms with E-state index in [4.69, 9.17) is 0 Å². The van der Waals surface area contributed by atoms with Gasteiger partial charge in [0.15, 0.2) is 0 Å². The van der Waals surface area contributed by atoms with E-state index < -0.39 is 0 Å². The van der Waals surface area contributed by atoms with Gasteiger partial charge in [0.2, 0.25) is 17.5 Å². The van der Waals surface area contributed by atoms with E-state index in [-0.39, 0.29) is 11.7 Å². The highest BCUT2D eigenvalue weighted by molar-refractivity contribution is 7.99. The number of aryl methyl sites for hydroxylation is 1. The summed E-state index contributed by atoms with van der Waals surface area (Å²) in [6.07, 6.45) is 1.87. The highest BCUT2D eigenvalue weighted by Crippen LogP contribution is 2.15. The Kier molecular flexibility index (Phi) is 4.72. The van der Waals surface area contributed by atoms with Crippen LogP contribution in [0.4, 0.5) is 5.69 Å². The molecular formula is C12H13N5O2S. The molecule has 7 nitrogen and oxygen atoms in total. The average molecular weight is 291 g/mol. The first-order chi connectivity index (χ1) is 9.69. The molecule has 1 heterocycles. The van der Waals surface area contributed by atoms with Gasteiger partial charge >= 0.3 is 0 Å². The number of carbonyl (C=O) groups is 2. The molecule has 0 spiro atoms. The lowest BCUT2D eigenvalue weighted by atomic mass is 10.2. The monoisotopic (exact) mass is 291 g/mol. The molecule has 0 saturated heterocycles. The largest absolute Gasteiger partial charge is 0.325 e. The van der Waals surface area contributed by atoms with Gasteiger partial charge in [-0.1, -0.05) is 23.9 Å². The van der Waals surface area contributed by atoms with E-state index in [0.717, 1.165) is 11.3 Å². The summed E-state index contributed by atoms with van der Waals surface area (Å²) in [5.41, 5.74) is 4.22. The Morgan fingerprint density at radius 3 is 3.10 bits per heavy atom. The van der Waals surface area contributed by atoms with Crippen LogP contribution in [0, 0.1) is 6.92 Å². The van der Waals surface area contributed by atoms with Gasteiger partial charge in [0.05, 0.1) is 5.75 Å². The Morgan fingerprint density at radius 2 is 2.35 bits per heavy atom. The van der Waals surface area contributed by atoms with Crippen LogP contribution in [0.25, 0.3) is 0 Å². The fourth-order valence-corrected chi connectivity index (χ4v) is 2.19. The van der Waals surface area contributed by atoms with Crippen molar-refractivity contribution < 1.29 is 9.59 Å². The Morgan fingerprint density at radius 1 is 1.50 bits per heavy atom. The quantitative estimate of drug-likeness (QED) is 0.612. The number of nitrogens with zero attached hydrogens (tertiary/aromatic N) is 3. The van der Waals surface area contributed by atoms with Crippen molar-refractivity contribution in [2.75, 3.05) is 16.5 Å². The molecule has 8 heteroatoms. The predicted octanol–water partition coefficient (Wildman–Crippen LogP) is 1.02. The molecule has 0 aliphatic rings. The van der Waals surface area contributed by atoms with Gasteiger partial charge in [-0.3, -0.25) is 15.0 Å². The van der Waals surface area contributed by atoms with Crippen LogP contribution in [0.3, 0.4) is 0 Å². The van der Waals surface area contributed by atoms with E-state index in [1.165, 1.54) is 22.8 Å². The first kappa shape index (κ1) is 14.1. The Balaban J connectivity index is 1.89. The lowest BCUT2D eigenvalue weighted by Crippen LogP contribution is -2.16. The second-order valence-corrected chi connectivity index (χ2v) is 4.88. The van der Waals surface area contributed by atoms with Crippen LogP contribution in [-0.2, 0) is 9.59 Å². The van der Waals surface area contributed by atoms with Crippen molar-refractivity contribution >= 4 is 29.8 Å². The number of carbonyl (C=O) groups excluding carboxylic acids is 2. The summed E-state index contributed by atoms with van der Waals surface area (Å²) >= 11 is 1.18. The van der Waals surface area contributed by atoms with Gasteiger partial charge in [-0.05, 0) is 24.6 Å². The molecule has 20 heavy (non-hydrogen) atoms. The SMILES string of the molecule is Cc1cccc(NC(=O)CSc2nncn2NC=O)c1. The fraction of sp³-hybridized carbons (Fsp3) is 0.167. The molecule has 2 N–H and O–H groups in total. The molecule has 0 atom stereocenters. The molecule has 0 aliphatic carbocycles. The van der Waals surface area contributed by atoms with Gasteiger partial charge < -0.3 is 5.32 Å². The number of hydrogen-bond donors (Lipinski definition) is 2. The van der Waals surface area contributed by atoms with Crippen molar-refractivity contribution in [1.82, 2.24) is 14.9 Å². The summed E-state index contributed by atoms with van der Waals surface area (Å²) in [5.74, 6) is 0.0222. The van der Waals surface area contributed by atoms with E-state index in [9.17, 15) is 9.59 Å². The topological polar surface area (TPSA) is 88.9 Å². The molecule has 0 radical (unpaired) electrons. The molecule has 0 bridgehead atoms. The van der Waals surface area contributed by atoms with Crippen LogP contribution < -0.4 is 10.7 Å². The predicted molar refractivity (Wildman–Crippen MR) is 76.0 cm³/mol. The van der Waals surface area contributed by atoms with Crippen LogP contribution in [0.15, 0.2) is 35.7 Å². The summed E-state index contributed by atoms with van der Waals surface area (Å²) in [6, 6.07) is 7.55.